The third-order valence-corrected chi connectivity index (χ3v) is 8.17. The lowest BCUT2D eigenvalue weighted by Crippen LogP contribution is -2.70. The summed E-state index contributed by atoms with van der Waals surface area (Å²) in [7, 11) is 0. The van der Waals surface area contributed by atoms with Gasteiger partial charge in [0.2, 0.25) is 18.0 Å². The van der Waals surface area contributed by atoms with E-state index in [0.29, 0.717) is 25.4 Å². The Balaban J connectivity index is 1.23. The van der Waals surface area contributed by atoms with Crippen LogP contribution >= 0.6 is 0 Å². The van der Waals surface area contributed by atoms with E-state index in [2.05, 4.69) is 12.2 Å². The third-order valence-electron chi connectivity index (χ3n) is 8.17. The number of ether oxygens (including phenoxy) is 4. The molecule has 9 atom stereocenters. The van der Waals surface area contributed by atoms with Gasteiger partial charge in [0, 0.05) is 31.1 Å². The zero-order valence-corrected chi connectivity index (χ0v) is 19.4. The highest BCUT2D eigenvalue weighted by Gasteiger charge is 2.69. The van der Waals surface area contributed by atoms with Crippen LogP contribution in [0.15, 0.2) is 0 Å². The molecule has 0 aromatic rings. The summed E-state index contributed by atoms with van der Waals surface area (Å²) in [6, 6.07) is -0.639. The van der Waals surface area contributed by atoms with Crippen LogP contribution in [0.25, 0.3) is 0 Å². The van der Waals surface area contributed by atoms with Gasteiger partial charge < -0.3 is 24.3 Å². The van der Waals surface area contributed by atoms with E-state index in [4.69, 9.17) is 28.7 Å². The molecule has 10 heteroatoms. The molecule has 0 radical (unpaired) electrons. The number of hydrogen-bond donors (Lipinski definition) is 1. The van der Waals surface area contributed by atoms with Crippen molar-refractivity contribution in [3.05, 3.63) is 0 Å². The Bertz CT molecular complexity index is 820. The number of fused-ring (bicyclic) bond motifs is 2. The third kappa shape index (κ3) is 3.94. The molecule has 0 aromatic carbocycles. The molecular weight excluding hydrogens is 434 g/mol. The number of hydrogen-bond acceptors (Lipinski definition) is 9. The van der Waals surface area contributed by atoms with Crippen LogP contribution in [-0.4, -0.2) is 54.5 Å². The number of amides is 1. The fraction of sp³-hybridized carbons (Fsp3) is 0.870. The van der Waals surface area contributed by atoms with Crippen LogP contribution < -0.4 is 5.32 Å². The molecule has 6 aliphatic rings. The van der Waals surface area contributed by atoms with Gasteiger partial charge in [0.15, 0.2) is 11.9 Å². The highest BCUT2D eigenvalue weighted by Crippen LogP contribution is 2.60. The zero-order valence-electron chi connectivity index (χ0n) is 19.4. The van der Waals surface area contributed by atoms with Crippen LogP contribution in [0.2, 0.25) is 0 Å². The lowest BCUT2D eigenvalue weighted by Gasteiger charge is -2.59. The standard InChI is InChI=1S/C23H33NO9/c1-12-4-5-15-13(2)20(29-18(26)7-6-17(25)24-16-9-11-28-19(16)27)30-21-23(15)14(12)8-10-22(3,31-21)32-33-23/h12-16,20-21H,4-11H2,1-3H3,(H,24,25)/t12-,13-,14-,15-,16+,20-,21-,22-,23-/m1/s1. The summed E-state index contributed by atoms with van der Waals surface area (Å²) in [6.07, 6.45) is 2.35. The second-order valence-electron chi connectivity index (χ2n) is 10.3. The van der Waals surface area contributed by atoms with Crippen LogP contribution in [0.4, 0.5) is 0 Å². The average molecular weight is 468 g/mol. The zero-order chi connectivity index (χ0) is 23.4. The van der Waals surface area contributed by atoms with Gasteiger partial charge in [0.05, 0.1) is 13.0 Å². The van der Waals surface area contributed by atoms with Gasteiger partial charge in [-0.05, 0) is 38.0 Å². The quantitative estimate of drug-likeness (QED) is 0.478. The first-order chi connectivity index (χ1) is 15.7. The second-order valence-corrected chi connectivity index (χ2v) is 10.3. The van der Waals surface area contributed by atoms with E-state index in [0.717, 1.165) is 19.3 Å². The van der Waals surface area contributed by atoms with E-state index in [1.807, 2.05) is 13.8 Å². The molecule has 10 nitrogen and oxygen atoms in total. The molecule has 6 fully saturated rings. The van der Waals surface area contributed by atoms with Crippen molar-refractivity contribution in [3.8, 4) is 0 Å². The predicted octanol–water partition coefficient (Wildman–Crippen LogP) is 1.95. The number of esters is 2. The van der Waals surface area contributed by atoms with Gasteiger partial charge in [-0.2, -0.15) is 0 Å². The summed E-state index contributed by atoms with van der Waals surface area (Å²) in [5, 5.41) is 2.59. The lowest BCUT2D eigenvalue weighted by molar-refractivity contribution is -0.576. The van der Waals surface area contributed by atoms with Crippen molar-refractivity contribution in [3.63, 3.8) is 0 Å². The molecule has 5 aliphatic heterocycles. The van der Waals surface area contributed by atoms with Gasteiger partial charge in [-0.1, -0.05) is 13.8 Å². The van der Waals surface area contributed by atoms with Crippen molar-refractivity contribution in [2.75, 3.05) is 6.61 Å². The fourth-order valence-electron chi connectivity index (χ4n) is 6.30. The summed E-state index contributed by atoms with van der Waals surface area (Å²) >= 11 is 0. The van der Waals surface area contributed by atoms with E-state index in [-0.39, 0.29) is 36.5 Å². The van der Waals surface area contributed by atoms with E-state index in [1.165, 1.54) is 0 Å². The Morgan fingerprint density at radius 1 is 1.09 bits per heavy atom. The first kappa shape index (κ1) is 23.0. The van der Waals surface area contributed by atoms with Gasteiger partial charge in [0.1, 0.15) is 6.04 Å². The minimum atomic E-state index is -0.897. The summed E-state index contributed by atoms with van der Waals surface area (Å²) in [6.45, 7) is 6.38. The number of nitrogens with one attached hydrogen (secondary N) is 1. The first-order valence-electron chi connectivity index (χ1n) is 12.1. The van der Waals surface area contributed by atoms with Crippen molar-refractivity contribution in [1.29, 1.82) is 0 Å². The van der Waals surface area contributed by atoms with E-state index < -0.39 is 41.9 Å². The number of rotatable bonds is 5. The van der Waals surface area contributed by atoms with Gasteiger partial charge in [-0.3, -0.25) is 9.59 Å². The van der Waals surface area contributed by atoms with Crippen molar-refractivity contribution >= 4 is 17.8 Å². The fourth-order valence-corrected chi connectivity index (χ4v) is 6.30. The lowest BCUT2D eigenvalue weighted by atomic mass is 9.58. The molecule has 1 N–H and O–H groups in total. The molecule has 184 valence electrons. The summed E-state index contributed by atoms with van der Waals surface area (Å²) < 4.78 is 23.0. The van der Waals surface area contributed by atoms with Crippen LogP contribution in [0.1, 0.15) is 65.7 Å². The van der Waals surface area contributed by atoms with Gasteiger partial charge in [-0.25, -0.2) is 14.6 Å². The molecule has 1 amide bonds. The topological polar surface area (TPSA) is 119 Å². The monoisotopic (exact) mass is 467 g/mol. The Hall–Kier alpha value is -1.75. The SMILES string of the molecule is C[C@H]1[C@H](OC(=O)CCC(=O)N[C@H]2CCOC2=O)O[C@@H]2O[C@@]3(C)CC[C@@H]4[C@H](C)CC[C@H]1[C@@]24OO3. The second kappa shape index (κ2) is 8.48. The van der Waals surface area contributed by atoms with Crippen LogP contribution in [0.3, 0.4) is 0 Å². The maximum absolute atomic E-state index is 12.6. The highest BCUT2D eigenvalue weighted by molar-refractivity contribution is 5.87. The molecule has 2 bridgehead atoms. The molecule has 5 saturated heterocycles. The smallest absolute Gasteiger partial charge is 0.328 e. The van der Waals surface area contributed by atoms with Crippen LogP contribution in [-0.2, 0) is 43.1 Å². The number of cyclic esters (lactones) is 1. The normalized spacial score (nSPS) is 46.2. The molecular formula is C23H33NO9. The van der Waals surface area contributed by atoms with Gasteiger partial charge in [-0.15, -0.1) is 0 Å². The largest absolute Gasteiger partial charge is 0.464 e. The molecule has 33 heavy (non-hydrogen) atoms. The van der Waals surface area contributed by atoms with Crippen molar-refractivity contribution in [1.82, 2.24) is 5.32 Å². The molecule has 1 saturated carbocycles. The molecule has 5 heterocycles. The Morgan fingerprint density at radius 2 is 1.91 bits per heavy atom. The number of carbonyl (C=O) groups is 3. The first-order valence-corrected chi connectivity index (χ1v) is 12.1. The van der Waals surface area contributed by atoms with Crippen LogP contribution in [0, 0.1) is 23.7 Å². The molecule has 0 aromatic heterocycles. The van der Waals surface area contributed by atoms with Crippen molar-refractivity contribution in [2.24, 2.45) is 23.7 Å². The maximum Gasteiger partial charge on any atom is 0.328 e. The highest BCUT2D eigenvalue weighted by atomic mass is 17.3. The van der Waals surface area contributed by atoms with E-state index >= 15 is 0 Å². The Morgan fingerprint density at radius 3 is 2.67 bits per heavy atom. The van der Waals surface area contributed by atoms with E-state index in [9.17, 15) is 14.4 Å². The molecule has 1 spiro atoms. The Kier molecular flexibility index (Phi) is 5.91. The summed E-state index contributed by atoms with van der Waals surface area (Å²) in [5.74, 6) is -1.66. The summed E-state index contributed by atoms with van der Waals surface area (Å²) in [5.41, 5.74) is -0.716. The molecule has 1 aliphatic carbocycles. The van der Waals surface area contributed by atoms with Crippen molar-refractivity contribution < 1.29 is 43.1 Å². The predicted molar refractivity (Wildman–Crippen MR) is 110 cm³/mol. The average Bonchev–Trinajstić information content (AvgIpc) is 3.03. The minimum absolute atomic E-state index is 0.0505. The molecule has 6 rings (SSSR count). The summed E-state index contributed by atoms with van der Waals surface area (Å²) in [4.78, 5) is 48.0. The van der Waals surface area contributed by atoms with Crippen LogP contribution in [0.5, 0.6) is 0 Å². The van der Waals surface area contributed by atoms with Gasteiger partial charge in [0.25, 0.3) is 0 Å². The minimum Gasteiger partial charge on any atom is -0.464 e. The van der Waals surface area contributed by atoms with Crippen molar-refractivity contribution in [2.45, 2.75) is 95.7 Å². The maximum atomic E-state index is 12.6. The van der Waals surface area contributed by atoms with E-state index in [1.54, 1.807) is 0 Å². The number of carbonyl (C=O) groups excluding carboxylic acids is 3. The van der Waals surface area contributed by atoms with Gasteiger partial charge >= 0.3 is 11.9 Å². The molecule has 0 unspecified atom stereocenters. The Labute approximate surface area is 192 Å².